The predicted octanol–water partition coefficient (Wildman–Crippen LogP) is 5.16. The number of hydrogen-bond donors (Lipinski definition) is 0. The van der Waals surface area contributed by atoms with Crippen LogP contribution in [0, 0.1) is 0 Å². The van der Waals surface area contributed by atoms with Gasteiger partial charge in [-0.3, -0.25) is 0 Å². The van der Waals surface area contributed by atoms with Gasteiger partial charge < -0.3 is 9.64 Å². The topological polar surface area (TPSA) is 38.2 Å². The molecule has 0 fully saturated rings. The summed E-state index contributed by atoms with van der Waals surface area (Å²) in [6.45, 7) is 0.113. The molecule has 0 unspecified atom stereocenters. The van der Waals surface area contributed by atoms with Crippen molar-refractivity contribution >= 4 is 11.6 Å². The number of nitrogens with zero attached hydrogens (tertiary/aromatic N) is 3. The highest BCUT2D eigenvalue weighted by atomic mass is 19.4. The van der Waals surface area contributed by atoms with Gasteiger partial charge in [-0.1, -0.05) is 25.5 Å². The van der Waals surface area contributed by atoms with Gasteiger partial charge in [-0.15, -0.1) is 0 Å². The van der Waals surface area contributed by atoms with Gasteiger partial charge >= 0.3 is 12.4 Å². The Bertz CT molecular complexity index is 776. The summed E-state index contributed by atoms with van der Waals surface area (Å²) in [6.07, 6.45) is -7.62. The van der Waals surface area contributed by atoms with Gasteiger partial charge in [-0.25, -0.2) is 4.98 Å². The maximum atomic E-state index is 13.0. The Labute approximate surface area is 151 Å². The van der Waals surface area contributed by atoms with E-state index in [1.54, 1.807) is 18.2 Å². The Balaban J connectivity index is 2.37. The molecule has 148 valence electrons. The van der Waals surface area contributed by atoms with Gasteiger partial charge in [0, 0.05) is 18.9 Å². The first-order valence-corrected chi connectivity index (χ1v) is 7.97. The molecule has 1 aromatic heterocycles. The van der Waals surface area contributed by atoms with Crippen LogP contribution in [0.25, 0.3) is 0 Å². The normalized spacial score (nSPS) is 12.1. The first-order chi connectivity index (χ1) is 12.5. The van der Waals surface area contributed by atoms with E-state index in [1.807, 2.05) is 13.0 Å². The highest BCUT2D eigenvalue weighted by Gasteiger charge is 2.38. The van der Waals surface area contributed by atoms with E-state index in [0.717, 1.165) is 18.4 Å². The van der Waals surface area contributed by atoms with Crippen LogP contribution in [0.15, 0.2) is 30.5 Å². The number of anilines is 2. The fourth-order valence-electron chi connectivity index (χ4n) is 2.30. The number of rotatable bonds is 6. The summed E-state index contributed by atoms with van der Waals surface area (Å²) in [7, 11) is 1.50. The molecular weight excluding hydrogens is 376 g/mol. The lowest BCUT2D eigenvalue weighted by atomic mass is 10.1. The van der Waals surface area contributed by atoms with Crippen molar-refractivity contribution in [2.24, 2.45) is 0 Å². The molecule has 1 aromatic carbocycles. The monoisotopic (exact) mass is 393 g/mol. The Kier molecular flexibility index (Phi) is 6.17. The molecule has 0 bridgehead atoms. The summed E-state index contributed by atoms with van der Waals surface area (Å²) in [5.74, 6) is -1.38. The molecule has 27 heavy (non-hydrogen) atoms. The van der Waals surface area contributed by atoms with Crippen LogP contribution in [0.4, 0.5) is 38.0 Å². The molecule has 0 atom stereocenters. The van der Waals surface area contributed by atoms with Gasteiger partial charge in [-0.05, 0) is 24.1 Å². The fourth-order valence-corrected chi connectivity index (χ4v) is 2.30. The van der Waals surface area contributed by atoms with Crippen molar-refractivity contribution in [1.82, 2.24) is 9.97 Å². The van der Waals surface area contributed by atoms with Crippen molar-refractivity contribution in [1.29, 1.82) is 0 Å². The van der Waals surface area contributed by atoms with Gasteiger partial charge in [0.25, 0.3) is 0 Å². The smallest absolute Gasteiger partial charge is 0.423 e. The maximum absolute atomic E-state index is 13.0. The number of aromatic nitrogens is 2. The van der Waals surface area contributed by atoms with Crippen LogP contribution in [-0.4, -0.2) is 29.8 Å². The van der Waals surface area contributed by atoms with E-state index in [0.29, 0.717) is 11.9 Å². The van der Waals surface area contributed by atoms with Gasteiger partial charge in [0.1, 0.15) is 5.56 Å². The fraction of sp³-hybridized carbons (Fsp3) is 0.412. The van der Waals surface area contributed by atoms with Crippen LogP contribution < -0.4 is 9.64 Å². The van der Waals surface area contributed by atoms with Crippen molar-refractivity contribution in [3.8, 4) is 5.88 Å². The van der Waals surface area contributed by atoms with E-state index in [-0.39, 0.29) is 5.95 Å². The first-order valence-electron chi connectivity index (χ1n) is 7.97. The molecule has 10 heteroatoms. The molecule has 0 amide bonds. The number of aryl methyl sites for hydroxylation is 1. The van der Waals surface area contributed by atoms with Crippen LogP contribution in [0.3, 0.4) is 0 Å². The predicted molar refractivity (Wildman–Crippen MR) is 87.1 cm³/mol. The zero-order valence-electron chi connectivity index (χ0n) is 14.5. The summed E-state index contributed by atoms with van der Waals surface area (Å²) in [6, 6.07) is 7.16. The van der Waals surface area contributed by atoms with E-state index < -0.39 is 30.4 Å². The standard InChI is InChI=1S/C17H17F6N3O/c1-3-5-11-6-4-7-12(8-11)26(2)15-24-9-13(17(21,22)23)14(25-15)27-10-16(18,19)20/h4,6-9H,3,5,10H2,1-2H3. The number of benzene rings is 1. The van der Waals surface area contributed by atoms with Crippen LogP contribution >= 0.6 is 0 Å². The van der Waals surface area contributed by atoms with E-state index in [4.69, 9.17) is 0 Å². The molecule has 0 saturated heterocycles. The Hall–Kier alpha value is -2.52. The summed E-state index contributed by atoms with van der Waals surface area (Å²) >= 11 is 0. The highest BCUT2D eigenvalue weighted by Crippen LogP contribution is 2.36. The summed E-state index contributed by atoms with van der Waals surface area (Å²) in [5, 5.41) is 0. The zero-order valence-corrected chi connectivity index (χ0v) is 14.5. The van der Waals surface area contributed by atoms with E-state index in [1.165, 1.54) is 11.9 Å². The minimum atomic E-state index is -4.95. The number of hydrogen-bond acceptors (Lipinski definition) is 4. The highest BCUT2D eigenvalue weighted by molar-refractivity contribution is 5.58. The van der Waals surface area contributed by atoms with Gasteiger partial charge in [0.2, 0.25) is 11.8 Å². The van der Waals surface area contributed by atoms with Crippen LogP contribution in [0.5, 0.6) is 5.88 Å². The molecule has 0 aliphatic heterocycles. The van der Waals surface area contributed by atoms with Crippen LogP contribution in [-0.2, 0) is 12.6 Å². The third-order valence-electron chi connectivity index (χ3n) is 3.56. The van der Waals surface area contributed by atoms with Crippen molar-refractivity contribution < 1.29 is 31.1 Å². The largest absolute Gasteiger partial charge is 0.467 e. The van der Waals surface area contributed by atoms with Crippen molar-refractivity contribution in [2.75, 3.05) is 18.6 Å². The SMILES string of the molecule is CCCc1cccc(N(C)c2ncc(C(F)(F)F)c(OCC(F)(F)F)n2)c1. The number of halogens is 6. The zero-order chi connectivity index (χ0) is 20.2. The Morgan fingerprint density at radius 1 is 1.11 bits per heavy atom. The lowest BCUT2D eigenvalue weighted by Gasteiger charge is -2.20. The second kappa shape index (κ2) is 8.01. The molecule has 0 N–H and O–H groups in total. The summed E-state index contributed by atoms with van der Waals surface area (Å²) in [4.78, 5) is 8.58. The molecule has 0 saturated carbocycles. The van der Waals surface area contributed by atoms with Crippen LogP contribution in [0.1, 0.15) is 24.5 Å². The molecule has 1 heterocycles. The van der Waals surface area contributed by atoms with Gasteiger partial charge in [-0.2, -0.15) is 31.3 Å². The lowest BCUT2D eigenvalue weighted by molar-refractivity contribution is -0.159. The van der Waals surface area contributed by atoms with Crippen molar-refractivity contribution in [2.45, 2.75) is 32.1 Å². The second-order valence-corrected chi connectivity index (χ2v) is 5.77. The molecular formula is C17H17F6N3O. The minimum Gasteiger partial charge on any atom is -0.467 e. The average molecular weight is 393 g/mol. The van der Waals surface area contributed by atoms with E-state index in [9.17, 15) is 26.3 Å². The van der Waals surface area contributed by atoms with E-state index in [2.05, 4.69) is 14.7 Å². The number of ether oxygens (including phenoxy) is 1. The third kappa shape index (κ3) is 5.73. The molecule has 4 nitrogen and oxygen atoms in total. The van der Waals surface area contributed by atoms with Crippen LogP contribution in [0.2, 0.25) is 0 Å². The summed E-state index contributed by atoms with van der Waals surface area (Å²) in [5.41, 5.74) is 0.119. The first kappa shape index (κ1) is 20.8. The molecule has 0 aliphatic carbocycles. The Morgan fingerprint density at radius 2 is 1.81 bits per heavy atom. The van der Waals surface area contributed by atoms with Crippen molar-refractivity contribution in [3.63, 3.8) is 0 Å². The molecule has 0 radical (unpaired) electrons. The number of alkyl halides is 6. The average Bonchev–Trinajstić information content (AvgIpc) is 2.58. The lowest BCUT2D eigenvalue weighted by Crippen LogP contribution is -2.23. The van der Waals surface area contributed by atoms with E-state index >= 15 is 0 Å². The second-order valence-electron chi connectivity index (χ2n) is 5.77. The minimum absolute atomic E-state index is 0.214. The van der Waals surface area contributed by atoms with Gasteiger partial charge in [0.15, 0.2) is 6.61 Å². The molecule has 0 aliphatic rings. The maximum Gasteiger partial charge on any atom is 0.423 e. The molecule has 0 spiro atoms. The summed E-state index contributed by atoms with van der Waals surface area (Å²) < 4.78 is 80.4. The molecule has 2 rings (SSSR count). The van der Waals surface area contributed by atoms with Gasteiger partial charge in [0.05, 0.1) is 0 Å². The molecule has 2 aromatic rings. The third-order valence-corrected chi connectivity index (χ3v) is 3.56. The Morgan fingerprint density at radius 3 is 2.41 bits per heavy atom. The van der Waals surface area contributed by atoms with Crippen molar-refractivity contribution in [3.05, 3.63) is 41.6 Å². The quantitative estimate of drug-likeness (QED) is 0.636.